The van der Waals surface area contributed by atoms with E-state index >= 15 is 0 Å². The van der Waals surface area contributed by atoms with E-state index in [1.54, 1.807) is 36.4 Å². The maximum atomic E-state index is 10.3. The van der Waals surface area contributed by atoms with Crippen molar-refractivity contribution in [3.05, 3.63) is 72.8 Å². The second-order valence-electron chi connectivity index (χ2n) is 4.59. The van der Waals surface area contributed by atoms with Gasteiger partial charge in [-0.25, -0.2) is 0 Å². The molecule has 0 aliphatic heterocycles. The van der Waals surface area contributed by atoms with E-state index in [1.807, 2.05) is 0 Å². The molecule has 0 saturated carbocycles. The molecule has 0 atom stereocenters. The zero-order valence-electron chi connectivity index (χ0n) is 22.1. The first-order valence-electron chi connectivity index (χ1n) is 7.32. The number of hydrogen-bond acceptors (Lipinski definition) is 9. The molecule has 3 aromatic rings. The van der Waals surface area contributed by atoms with Crippen LogP contribution in [0.25, 0.3) is 0 Å². The zero-order valence-corrected chi connectivity index (χ0v) is 39.1. The SMILES string of the molecule is O=[Si]([O-])[O-].[Na+].[Na+].[Na+].[Na+].[Na+].[Na+].[Na+].[Na+].[O-]c1ccccc1[O-].[O-]c1ccccc1[O-].[O-]c1ccccc1[O-]. The van der Waals surface area contributed by atoms with Gasteiger partial charge in [0.05, 0.1) is 0 Å². The number of rotatable bonds is 0. The molecule has 0 aliphatic carbocycles. The molecule has 0 heterocycles. The van der Waals surface area contributed by atoms with E-state index in [1.165, 1.54) is 36.4 Å². The molecule has 0 aliphatic rings. The molecule has 0 N–H and O–H groups in total. The van der Waals surface area contributed by atoms with Crippen LogP contribution in [0.15, 0.2) is 72.8 Å². The minimum absolute atomic E-state index is 0. The van der Waals surface area contributed by atoms with Gasteiger partial charge < -0.3 is 44.7 Å². The van der Waals surface area contributed by atoms with Crippen LogP contribution in [0.1, 0.15) is 0 Å². The van der Waals surface area contributed by atoms with Gasteiger partial charge in [-0.05, 0) is 0 Å². The van der Waals surface area contributed by atoms with Gasteiger partial charge in [0.25, 0.3) is 0 Å². The summed E-state index contributed by atoms with van der Waals surface area (Å²) in [7, 11) is -3.63. The normalized spacial score (nSPS) is 6.67. The summed E-state index contributed by atoms with van der Waals surface area (Å²) in [6.45, 7) is 0. The Bertz CT molecular complexity index is 713. The van der Waals surface area contributed by atoms with Crippen LogP contribution in [0.2, 0.25) is 0 Å². The zero-order chi connectivity index (χ0) is 21.5. The Balaban J connectivity index is -0.0000000367. The summed E-state index contributed by atoms with van der Waals surface area (Å²) in [4.78, 5) is 17.0. The van der Waals surface area contributed by atoms with Crippen LogP contribution in [0.5, 0.6) is 34.5 Å². The third kappa shape index (κ3) is 38.1. The van der Waals surface area contributed by atoms with Gasteiger partial charge >= 0.3 is 236 Å². The molecule has 3 rings (SSSR count). The topological polar surface area (TPSA) is 202 Å². The number of para-hydroxylation sites is 6. The Hall–Kier alpha value is 4.08. The predicted molar refractivity (Wildman–Crippen MR) is 82.4 cm³/mol. The number of hydrogen-bond donors (Lipinski definition) is 0. The fraction of sp³-hybridized carbons (Fsp3) is 0. The van der Waals surface area contributed by atoms with Gasteiger partial charge in [0, 0.05) is 9.17 Å². The maximum Gasteiger partial charge on any atom is 1.00 e. The Morgan fingerprint density at radius 3 is 0.500 bits per heavy atom. The van der Waals surface area contributed by atoms with Gasteiger partial charge in [0.1, 0.15) is 0 Å². The van der Waals surface area contributed by atoms with E-state index < -0.39 is 43.7 Å². The molecule has 0 aromatic heterocycles. The first kappa shape index (κ1) is 63.4. The summed E-state index contributed by atoms with van der Waals surface area (Å²) >= 11 is 0. The van der Waals surface area contributed by atoms with Crippen molar-refractivity contribution >= 4 is 9.17 Å². The quantitative estimate of drug-likeness (QED) is 0.230. The van der Waals surface area contributed by atoms with Crippen LogP contribution in [-0.2, 0) is 4.46 Å². The Morgan fingerprint density at radius 2 is 0.444 bits per heavy atom. The third-order valence-electron chi connectivity index (χ3n) is 2.55. The van der Waals surface area contributed by atoms with Crippen molar-refractivity contribution in [3.8, 4) is 34.5 Å². The average molecular weight is 584 g/mol. The first-order valence-corrected chi connectivity index (χ1v) is 8.54. The average Bonchev–Trinajstić information content (AvgIpc) is 2.63. The van der Waals surface area contributed by atoms with Crippen LogP contribution in [0, 0.1) is 0 Å². The summed E-state index contributed by atoms with van der Waals surface area (Å²) in [5, 5.41) is 61.8. The molecule has 0 fully saturated rings. The van der Waals surface area contributed by atoms with E-state index in [0.717, 1.165) is 0 Å². The number of benzene rings is 3. The minimum Gasteiger partial charge on any atom is -0.873 e. The smallest absolute Gasteiger partial charge is 0.873 e. The van der Waals surface area contributed by atoms with Crippen LogP contribution in [0.3, 0.4) is 0 Å². The van der Waals surface area contributed by atoms with Gasteiger partial charge in [-0.3, -0.25) is 0 Å². The molecule has 0 bridgehead atoms. The molecule has 0 unspecified atom stereocenters. The molecule has 9 nitrogen and oxygen atoms in total. The fourth-order valence-corrected chi connectivity index (χ4v) is 1.35. The molecule has 0 spiro atoms. The van der Waals surface area contributed by atoms with E-state index in [-0.39, 0.29) is 236 Å². The van der Waals surface area contributed by atoms with Gasteiger partial charge in [0.15, 0.2) is 0 Å². The molecule has 0 saturated heterocycles. The Kier molecular flexibility index (Phi) is 72.5. The second-order valence-corrected chi connectivity index (χ2v) is 5.09. The largest absolute Gasteiger partial charge is 1.00 e. The summed E-state index contributed by atoms with van der Waals surface area (Å²) < 4.78 is 8.52. The predicted octanol–water partition coefficient (Wildman–Crippen LogP) is -27.3. The molecule has 36 heavy (non-hydrogen) atoms. The van der Waals surface area contributed by atoms with Crippen LogP contribution >= 0.6 is 0 Å². The van der Waals surface area contributed by atoms with E-state index in [4.69, 9.17) is 14.1 Å². The summed E-state index contributed by atoms with van der Waals surface area (Å²) in [5.41, 5.74) is 0. The molecule has 0 amide bonds. The van der Waals surface area contributed by atoms with E-state index in [9.17, 15) is 30.6 Å². The molecular weight excluding hydrogens is 572 g/mol. The van der Waals surface area contributed by atoms with Crippen LogP contribution in [-0.4, -0.2) is 9.17 Å². The van der Waals surface area contributed by atoms with Crippen LogP contribution < -0.4 is 277 Å². The second kappa shape index (κ2) is 41.2. The maximum absolute atomic E-state index is 10.3. The fourth-order valence-electron chi connectivity index (χ4n) is 1.35. The molecule has 18 heteroatoms. The molecule has 0 radical (unpaired) electrons. The van der Waals surface area contributed by atoms with Crippen molar-refractivity contribution in [3.63, 3.8) is 0 Å². The Labute approximate surface area is 389 Å². The van der Waals surface area contributed by atoms with Crippen molar-refractivity contribution in [1.82, 2.24) is 0 Å². The molecule has 150 valence electrons. The minimum atomic E-state index is -3.63. The van der Waals surface area contributed by atoms with Gasteiger partial charge in [0.2, 0.25) is 0 Å². The van der Waals surface area contributed by atoms with Gasteiger partial charge in [-0.1, -0.05) is 72.8 Å². The van der Waals surface area contributed by atoms with Crippen molar-refractivity contribution in [2.45, 2.75) is 0 Å². The van der Waals surface area contributed by atoms with Crippen molar-refractivity contribution in [2.24, 2.45) is 0 Å². The van der Waals surface area contributed by atoms with Crippen molar-refractivity contribution < 1.29 is 281 Å². The van der Waals surface area contributed by atoms with Gasteiger partial charge in [-0.15, -0.1) is 34.5 Å². The van der Waals surface area contributed by atoms with Crippen molar-refractivity contribution in [1.29, 1.82) is 0 Å². The standard InChI is InChI=1S/3C6H6O2.8Na.O3Si/c3*7-5-3-1-2-4-6(5)8;;;;;;;;;1-4(2)3/h3*1-4,7-8H;;;;;;;;;/q;;;8*+1;-2/p-6. The van der Waals surface area contributed by atoms with E-state index in [2.05, 4.69) is 0 Å². The molecular formula is C18H12Na8O9Si. The summed E-state index contributed by atoms with van der Waals surface area (Å²) in [6, 6.07) is 16.8. The molecule has 3 aromatic carbocycles. The first-order chi connectivity index (χ1) is 13.1. The Morgan fingerprint density at radius 1 is 0.361 bits per heavy atom. The van der Waals surface area contributed by atoms with E-state index in [0.29, 0.717) is 0 Å². The van der Waals surface area contributed by atoms with Crippen molar-refractivity contribution in [2.75, 3.05) is 0 Å². The monoisotopic (exact) mass is 584 g/mol. The third-order valence-corrected chi connectivity index (χ3v) is 2.55. The van der Waals surface area contributed by atoms with Crippen LogP contribution in [0.4, 0.5) is 0 Å². The summed E-state index contributed by atoms with van der Waals surface area (Å²) in [5.74, 6) is -2.62. The summed E-state index contributed by atoms with van der Waals surface area (Å²) in [6.07, 6.45) is 0. The van der Waals surface area contributed by atoms with Gasteiger partial charge in [-0.2, -0.15) is 0 Å².